The van der Waals surface area contributed by atoms with E-state index >= 15 is 0 Å². The number of thioether (sulfide) groups is 1. The summed E-state index contributed by atoms with van der Waals surface area (Å²) in [4.78, 5) is 2.36. The van der Waals surface area contributed by atoms with Crippen LogP contribution < -0.4 is 15.4 Å². The van der Waals surface area contributed by atoms with Crippen LogP contribution in [0.3, 0.4) is 0 Å². The normalized spacial score (nSPS) is 15.0. The molecular formula is C20H24N4OS. The number of rotatable bonds is 6. The number of amidine groups is 1. The fourth-order valence-electron chi connectivity index (χ4n) is 2.91. The lowest BCUT2D eigenvalue weighted by atomic mass is 10.2. The largest absolute Gasteiger partial charge is 0.495 e. The molecule has 0 radical (unpaired) electrons. The molecule has 1 heterocycles. The molecule has 26 heavy (non-hydrogen) atoms. The molecule has 136 valence electrons. The molecule has 1 fully saturated rings. The van der Waals surface area contributed by atoms with E-state index in [1.807, 2.05) is 30.3 Å². The van der Waals surface area contributed by atoms with Gasteiger partial charge in [0.1, 0.15) is 5.75 Å². The van der Waals surface area contributed by atoms with E-state index in [0.717, 1.165) is 35.8 Å². The summed E-state index contributed by atoms with van der Waals surface area (Å²) in [6.07, 6.45) is 4.17. The fourth-order valence-corrected chi connectivity index (χ4v) is 3.52. The summed E-state index contributed by atoms with van der Waals surface area (Å²) in [7, 11) is 1.70. The van der Waals surface area contributed by atoms with Crippen LogP contribution in [0.1, 0.15) is 24.0 Å². The summed E-state index contributed by atoms with van der Waals surface area (Å²) in [5.74, 6) is 1.65. The van der Waals surface area contributed by atoms with Gasteiger partial charge in [0.15, 0.2) is 5.17 Å². The summed E-state index contributed by atoms with van der Waals surface area (Å²) in [5, 5.41) is 8.62. The van der Waals surface area contributed by atoms with Gasteiger partial charge in [-0.2, -0.15) is 5.10 Å². The van der Waals surface area contributed by atoms with Crippen molar-refractivity contribution in [2.75, 3.05) is 25.1 Å². The van der Waals surface area contributed by atoms with Crippen LogP contribution in [0.2, 0.25) is 0 Å². The summed E-state index contributed by atoms with van der Waals surface area (Å²) in [6, 6.07) is 16.3. The molecule has 0 saturated carbocycles. The van der Waals surface area contributed by atoms with Gasteiger partial charge in [0.05, 0.1) is 19.0 Å². The quantitative estimate of drug-likeness (QED) is 0.477. The first-order valence-corrected chi connectivity index (χ1v) is 9.71. The smallest absolute Gasteiger partial charge is 0.180 e. The number of hydrogen-bond donors (Lipinski definition) is 1. The zero-order valence-electron chi connectivity index (χ0n) is 15.0. The Morgan fingerprint density at radius 3 is 2.69 bits per heavy atom. The number of anilines is 1. The first-order valence-electron chi connectivity index (χ1n) is 8.72. The summed E-state index contributed by atoms with van der Waals surface area (Å²) in [6.45, 7) is 2.17. The molecule has 0 bridgehead atoms. The number of nitrogens with two attached hydrogens (primary N) is 1. The molecule has 0 amide bonds. The predicted octanol–water partition coefficient (Wildman–Crippen LogP) is 3.88. The third-order valence-corrected chi connectivity index (χ3v) is 5.10. The summed E-state index contributed by atoms with van der Waals surface area (Å²) >= 11 is 1.47. The van der Waals surface area contributed by atoms with E-state index < -0.39 is 0 Å². The highest BCUT2D eigenvalue weighted by Gasteiger charge is 2.16. The highest BCUT2D eigenvalue weighted by atomic mass is 32.2. The molecule has 1 saturated heterocycles. The van der Waals surface area contributed by atoms with Crippen LogP contribution in [0.5, 0.6) is 5.75 Å². The number of ether oxygens (including phenoxy) is 1. The minimum absolute atomic E-state index is 0.450. The number of hydrogen-bond acceptors (Lipinski definition) is 5. The van der Waals surface area contributed by atoms with Crippen LogP contribution in [0.4, 0.5) is 5.69 Å². The zero-order chi connectivity index (χ0) is 18.2. The third-order valence-electron chi connectivity index (χ3n) is 4.24. The van der Waals surface area contributed by atoms with Gasteiger partial charge in [-0.15, -0.1) is 5.10 Å². The topological polar surface area (TPSA) is 63.2 Å². The van der Waals surface area contributed by atoms with Gasteiger partial charge in [-0.25, -0.2) is 0 Å². The van der Waals surface area contributed by atoms with Gasteiger partial charge in [0, 0.05) is 18.8 Å². The van der Waals surface area contributed by atoms with E-state index in [0.29, 0.717) is 5.17 Å². The Bertz CT molecular complexity index is 771. The Morgan fingerprint density at radius 1 is 1.19 bits per heavy atom. The lowest BCUT2D eigenvalue weighted by Gasteiger charge is -2.20. The van der Waals surface area contributed by atoms with Gasteiger partial charge >= 0.3 is 0 Å². The number of methoxy groups -OCH3 is 1. The minimum Gasteiger partial charge on any atom is -0.495 e. The third kappa shape index (κ3) is 5.02. The Hall–Kier alpha value is -2.47. The molecule has 3 rings (SSSR count). The highest BCUT2D eigenvalue weighted by molar-refractivity contribution is 8.13. The molecule has 0 atom stereocenters. The summed E-state index contributed by atoms with van der Waals surface area (Å²) < 4.78 is 5.55. The Labute approximate surface area is 158 Å². The van der Waals surface area contributed by atoms with Crippen molar-refractivity contribution in [3.05, 3.63) is 59.7 Å². The molecule has 2 aromatic rings. The van der Waals surface area contributed by atoms with Crippen LogP contribution in [0.25, 0.3) is 0 Å². The number of benzene rings is 2. The average Bonchev–Trinajstić information content (AvgIpc) is 3.21. The molecule has 0 aromatic heterocycles. The Kier molecular flexibility index (Phi) is 6.55. The van der Waals surface area contributed by atoms with Crippen LogP contribution in [0, 0.1) is 0 Å². The Balaban J connectivity index is 1.60. The molecule has 1 aliphatic heterocycles. The van der Waals surface area contributed by atoms with Crippen LogP contribution in [-0.4, -0.2) is 31.6 Å². The minimum atomic E-state index is 0.450. The first-order chi connectivity index (χ1) is 12.8. The fraction of sp³-hybridized carbons (Fsp3) is 0.300. The second-order valence-corrected chi connectivity index (χ2v) is 7.08. The second kappa shape index (κ2) is 9.29. The Morgan fingerprint density at radius 2 is 1.96 bits per heavy atom. The van der Waals surface area contributed by atoms with Gasteiger partial charge in [0.25, 0.3) is 0 Å². The maximum absolute atomic E-state index is 5.92. The SMILES string of the molecule is COc1cc(C=NN=C(N)SCc2ccccc2)ccc1N1CCCC1. The predicted molar refractivity (Wildman–Crippen MR) is 111 cm³/mol. The van der Waals surface area contributed by atoms with Crippen molar-refractivity contribution in [3.8, 4) is 5.75 Å². The maximum Gasteiger partial charge on any atom is 0.180 e. The highest BCUT2D eigenvalue weighted by Crippen LogP contribution is 2.31. The van der Waals surface area contributed by atoms with Crippen molar-refractivity contribution < 1.29 is 4.74 Å². The first kappa shape index (κ1) is 18.3. The van der Waals surface area contributed by atoms with Gasteiger partial charge < -0.3 is 15.4 Å². The molecule has 6 heteroatoms. The molecule has 0 aliphatic carbocycles. The maximum atomic E-state index is 5.92. The second-order valence-electron chi connectivity index (χ2n) is 6.08. The van der Waals surface area contributed by atoms with Crippen molar-refractivity contribution in [2.24, 2.45) is 15.9 Å². The average molecular weight is 369 g/mol. The van der Waals surface area contributed by atoms with Crippen LogP contribution in [-0.2, 0) is 5.75 Å². The molecule has 2 N–H and O–H groups in total. The van der Waals surface area contributed by atoms with Gasteiger partial charge in [-0.1, -0.05) is 48.2 Å². The van der Waals surface area contributed by atoms with Gasteiger partial charge in [-0.3, -0.25) is 0 Å². The van der Waals surface area contributed by atoms with Crippen molar-refractivity contribution >= 4 is 28.8 Å². The lowest BCUT2D eigenvalue weighted by Crippen LogP contribution is -2.18. The van der Waals surface area contributed by atoms with E-state index in [1.54, 1.807) is 13.3 Å². The van der Waals surface area contributed by atoms with Crippen LogP contribution in [0.15, 0.2) is 58.7 Å². The summed E-state index contributed by atoms with van der Waals surface area (Å²) in [5.41, 5.74) is 9.21. The van der Waals surface area contributed by atoms with Crippen LogP contribution >= 0.6 is 11.8 Å². The van der Waals surface area contributed by atoms with Gasteiger partial charge in [-0.05, 0) is 36.1 Å². The van der Waals surface area contributed by atoms with E-state index in [9.17, 15) is 0 Å². The number of nitrogens with zero attached hydrogens (tertiary/aromatic N) is 3. The van der Waals surface area contributed by atoms with E-state index in [1.165, 1.54) is 30.2 Å². The van der Waals surface area contributed by atoms with E-state index in [-0.39, 0.29) is 0 Å². The van der Waals surface area contributed by atoms with E-state index in [2.05, 4.69) is 33.3 Å². The lowest BCUT2D eigenvalue weighted by molar-refractivity contribution is 0.415. The van der Waals surface area contributed by atoms with Crippen molar-refractivity contribution in [1.29, 1.82) is 0 Å². The zero-order valence-corrected chi connectivity index (χ0v) is 15.8. The van der Waals surface area contributed by atoms with Crippen molar-refractivity contribution in [3.63, 3.8) is 0 Å². The van der Waals surface area contributed by atoms with E-state index in [4.69, 9.17) is 10.5 Å². The molecule has 0 unspecified atom stereocenters. The molecular weight excluding hydrogens is 344 g/mol. The molecule has 2 aromatic carbocycles. The van der Waals surface area contributed by atoms with Crippen molar-refractivity contribution in [2.45, 2.75) is 18.6 Å². The molecule has 1 aliphatic rings. The standard InChI is InChI=1S/C20H24N4OS/c1-25-19-13-17(9-10-18(19)24-11-5-6-12-24)14-22-23-20(21)26-15-16-7-3-2-4-8-16/h2-4,7-10,13-14H,5-6,11-12,15H2,1H3,(H2,21,23). The molecule has 5 nitrogen and oxygen atoms in total. The van der Waals surface area contributed by atoms with Gasteiger partial charge in [0.2, 0.25) is 0 Å². The van der Waals surface area contributed by atoms with Crippen molar-refractivity contribution in [1.82, 2.24) is 0 Å². The monoisotopic (exact) mass is 368 g/mol. The molecule has 0 spiro atoms.